The average Bonchev–Trinajstić information content (AvgIpc) is 3.25. The van der Waals surface area contributed by atoms with Crippen molar-refractivity contribution in [3.05, 3.63) is 39.4 Å². The molecule has 2 rings (SSSR count). The summed E-state index contributed by atoms with van der Waals surface area (Å²) in [5.41, 5.74) is 3.64. The number of hydrogen-bond donors (Lipinski definition) is 2. The van der Waals surface area contributed by atoms with E-state index in [2.05, 4.69) is 5.32 Å². The molecule has 1 aromatic rings. The van der Waals surface area contributed by atoms with Crippen LogP contribution in [-0.4, -0.2) is 22.9 Å². The van der Waals surface area contributed by atoms with Gasteiger partial charge >= 0.3 is 0 Å². The monoisotopic (exact) mass is 299 g/mol. The largest absolute Gasteiger partial charge is 0.345 e. The quantitative estimate of drug-likeness (QED) is 0.639. The second-order valence-corrected chi connectivity index (χ2v) is 5.39. The van der Waals surface area contributed by atoms with Gasteiger partial charge in [0.2, 0.25) is 0 Å². The van der Waals surface area contributed by atoms with Crippen molar-refractivity contribution in [2.24, 2.45) is 11.7 Å². The molecule has 6 nitrogen and oxygen atoms in total. The van der Waals surface area contributed by atoms with Gasteiger partial charge in [0, 0.05) is 6.54 Å². The minimum absolute atomic E-state index is 0.154. The van der Waals surface area contributed by atoms with Gasteiger partial charge in [-0.05, 0) is 31.7 Å². The van der Waals surface area contributed by atoms with Crippen LogP contribution in [0.1, 0.15) is 30.1 Å². The van der Waals surface area contributed by atoms with E-state index in [4.69, 9.17) is 5.73 Å². The van der Waals surface area contributed by atoms with Gasteiger partial charge in [-0.25, -0.2) is 8.78 Å². The lowest BCUT2D eigenvalue weighted by Gasteiger charge is -2.29. The maximum atomic E-state index is 13.3. The first-order chi connectivity index (χ1) is 9.78. The number of hydrogen-bond acceptors (Lipinski definition) is 4. The lowest BCUT2D eigenvalue weighted by molar-refractivity contribution is -0.385. The third-order valence-electron chi connectivity index (χ3n) is 3.78. The predicted octanol–water partition coefficient (Wildman–Crippen LogP) is 1.73. The van der Waals surface area contributed by atoms with E-state index in [9.17, 15) is 23.7 Å². The third kappa shape index (κ3) is 2.99. The van der Waals surface area contributed by atoms with Crippen LogP contribution in [0.15, 0.2) is 12.1 Å². The van der Waals surface area contributed by atoms with Crippen LogP contribution in [0.4, 0.5) is 14.5 Å². The minimum atomic E-state index is -1.37. The highest BCUT2D eigenvalue weighted by Crippen LogP contribution is 2.39. The van der Waals surface area contributed by atoms with Gasteiger partial charge in [-0.2, -0.15) is 0 Å². The van der Waals surface area contributed by atoms with Gasteiger partial charge in [-0.3, -0.25) is 14.9 Å². The normalized spacial score (nSPS) is 17.1. The van der Waals surface area contributed by atoms with Gasteiger partial charge < -0.3 is 11.1 Å². The molecule has 1 saturated carbocycles. The molecule has 1 atom stereocenters. The summed E-state index contributed by atoms with van der Waals surface area (Å²) in [4.78, 5) is 22.1. The van der Waals surface area contributed by atoms with E-state index < -0.39 is 39.3 Å². The molecule has 1 fully saturated rings. The molecule has 0 saturated heterocycles. The zero-order valence-corrected chi connectivity index (χ0v) is 11.4. The van der Waals surface area contributed by atoms with Gasteiger partial charge in [-0.15, -0.1) is 0 Å². The van der Waals surface area contributed by atoms with E-state index in [1.807, 2.05) is 0 Å². The van der Waals surface area contributed by atoms with Gasteiger partial charge in [0.1, 0.15) is 5.56 Å². The topological polar surface area (TPSA) is 98.3 Å². The summed E-state index contributed by atoms with van der Waals surface area (Å²) in [6.45, 7) is 1.88. The molecular formula is C13H15F2N3O3. The summed E-state index contributed by atoms with van der Waals surface area (Å²) >= 11 is 0. The molecule has 0 radical (unpaired) electrons. The molecule has 1 aromatic carbocycles. The Morgan fingerprint density at radius 2 is 2.05 bits per heavy atom. The molecule has 0 heterocycles. The van der Waals surface area contributed by atoms with Crippen LogP contribution in [0.2, 0.25) is 0 Å². The highest BCUT2D eigenvalue weighted by molar-refractivity contribution is 5.98. The highest BCUT2D eigenvalue weighted by atomic mass is 19.2. The Morgan fingerprint density at radius 1 is 1.48 bits per heavy atom. The van der Waals surface area contributed by atoms with Gasteiger partial charge in [0.05, 0.1) is 16.5 Å². The Kier molecular flexibility index (Phi) is 3.91. The van der Waals surface area contributed by atoms with Crippen molar-refractivity contribution in [3.63, 3.8) is 0 Å². The van der Waals surface area contributed by atoms with Crippen molar-refractivity contribution < 1.29 is 18.5 Å². The lowest BCUT2D eigenvalue weighted by atomic mass is 9.95. The molecular weight excluding hydrogens is 284 g/mol. The van der Waals surface area contributed by atoms with E-state index >= 15 is 0 Å². The number of nitrogens with zero attached hydrogens (tertiary/aromatic N) is 1. The van der Waals surface area contributed by atoms with Gasteiger partial charge in [-0.1, -0.05) is 0 Å². The highest BCUT2D eigenvalue weighted by Gasteiger charge is 2.42. The zero-order valence-electron chi connectivity index (χ0n) is 11.4. The number of nitrogens with one attached hydrogen (secondary N) is 1. The SMILES string of the molecule is CC(CN)(NC(=O)c1cc(F)c(F)cc1[N+](=O)[O-])C1CC1. The smallest absolute Gasteiger partial charge is 0.285 e. The van der Waals surface area contributed by atoms with Crippen molar-refractivity contribution in [2.75, 3.05) is 6.54 Å². The van der Waals surface area contributed by atoms with E-state index in [-0.39, 0.29) is 12.5 Å². The van der Waals surface area contributed by atoms with Crippen LogP contribution < -0.4 is 11.1 Å². The number of rotatable bonds is 5. The van der Waals surface area contributed by atoms with Crippen molar-refractivity contribution >= 4 is 11.6 Å². The van der Waals surface area contributed by atoms with E-state index in [0.29, 0.717) is 12.1 Å². The molecule has 1 aliphatic rings. The second kappa shape index (κ2) is 5.36. The number of benzene rings is 1. The molecule has 8 heteroatoms. The van der Waals surface area contributed by atoms with Crippen molar-refractivity contribution in [3.8, 4) is 0 Å². The third-order valence-corrected chi connectivity index (χ3v) is 3.78. The maximum Gasteiger partial charge on any atom is 0.285 e. The molecule has 1 unspecified atom stereocenters. The Hall–Kier alpha value is -2.09. The molecule has 0 aliphatic heterocycles. The molecule has 114 valence electrons. The zero-order chi connectivity index (χ0) is 15.8. The Bertz CT molecular complexity index is 605. The molecule has 21 heavy (non-hydrogen) atoms. The van der Waals surface area contributed by atoms with Crippen molar-refractivity contribution in [1.82, 2.24) is 5.32 Å². The van der Waals surface area contributed by atoms with Crippen LogP contribution >= 0.6 is 0 Å². The second-order valence-electron chi connectivity index (χ2n) is 5.39. The number of carbonyl (C=O) groups is 1. The summed E-state index contributed by atoms with van der Waals surface area (Å²) in [6, 6.07) is 0.938. The van der Waals surface area contributed by atoms with E-state index in [0.717, 1.165) is 12.8 Å². The fourth-order valence-electron chi connectivity index (χ4n) is 2.24. The number of carbonyl (C=O) groups excluding carboxylic acids is 1. The first-order valence-corrected chi connectivity index (χ1v) is 6.44. The van der Waals surface area contributed by atoms with Crippen LogP contribution in [0, 0.1) is 27.7 Å². The predicted molar refractivity (Wildman–Crippen MR) is 70.7 cm³/mol. The van der Waals surface area contributed by atoms with E-state index in [1.165, 1.54) is 0 Å². The fraction of sp³-hybridized carbons (Fsp3) is 0.462. The summed E-state index contributed by atoms with van der Waals surface area (Å²) in [6.07, 6.45) is 1.79. The summed E-state index contributed by atoms with van der Waals surface area (Å²) < 4.78 is 26.4. The standard InChI is InChI=1S/C13H15F2N3O3/c1-13(6-16,7-2-3-7)17-12(19)8-4-9(14)10(15)5-11(8)18(20)21/h4-5,7H,2-3,6,16H2,1H3,(H,17,19). The van der Waals surface area contributed by atoms with Crippen molar-refractivity contribution in [2.45, 2.75) is 25.3 Å². The number of nitrogens with two attached hydrogens (primary N) is 1. The van der Waals surface area contributed by atoms with Gasteiger partial charge in [0.15, 0.2) is 11.6 Å². The molecule has 0 bridgehead atoms. The Morgan fingerprint density at radius 3 is 2.52 bits per heavy atom. The van der Waals surface area contributed by atoms with E-state index in [1.54, 1.807) is 6.92 Å². The van der Waals surface area contributed by atoms with Crippen LogP contribution in [0.5, 0.6) is 0 Å². The number of halogens is 2. The van der Waals surface area contributed by atoms with Crippen LogP contribution in [-0.2, 0) is 0 Å². The fourth-order valence-corrected chi connectivity index (χ4v) is 2.24. The average molecular weight is 299 g/mol. The number of nitro groups is 1. The summed E-state index contributed by atoms with van der Waals surface area (Å²) in [5, 5.41) is 13.5. The maximum absolute atomic E-state index is 13.3. The Balaban J connectivity index is 2.34. The molecule has 3 N–H and O–H groups in total. The van der Waals surface area contributed by atoms with Crippen LogP contribution in [0.25, 0.3) is 0 Å². The van der Waals surface area contributed by atoms with Crippen LogP contribution in [0.3, 0.4) is 0 Å². The first kappa shape index (κ1) is 15.3. The molecule has 1 aliphatic carbocycles. The Labute approximate surface area is 119 Å². The number of nitro benzene ring substituents is 1. The summed E-state index contributed by atoms with van der Waals surface area (Å²) in [5.74, 6) is -3.33. The first-order valence-electron chi connectivity index (χ1n) is 6.44. The van der Waals surface area contributed by atoms with Gasteiger partial charge in [0.25, 0.3) is 11.6 Å². The summed E-state index contributed by atoms with van der Waals surface area (Å²) in [7, 11) is 0. The lowest BCUT2D eigenvalue weighted by Crippen LogP contribution is -2.53. The number of amides is 1. The molecule has 1 amide bonds. The van der Waals surface area contributed by atoms with Crippen molar-refractivity contribution in [1.29, 1.82) is 0 Å². The minimum Gasteiger partial charge on any atom is -0.345 e. The molecule has 0 spiro atoms. The molecule has 0 aromatic heterocycles.